The van der Waals surface area contributed by atoms with Crippen LogP contribution in [0.1, 0.15) is 6.42 Å². The van der Waals surface area contributed by atoms with Crippen molar-refractivity contribution in [3.63, 3.8) is 0 Å². The number of rotatable bonds is 0. The highest BCUT2D eigenvalue weighted by Gasteiger charge is 2.28. The highest BCUT2D eigenvalue weighted by molar-refractivity contribution is 4.60. The summed E-state index contributed by atoms with van der Waals surface area (Å²) < 4.78 is 0.987. The number of quaternary nitrogens is 1. The minimum Gasteiger partial charge on any atom is -1.00 e. The molecule has 1 aliphatic heterocycles. The molecule has 1 N–H and O–H groups in total. The molecule has 0 spiro atoms. The van der Waals surface area contributed by atoms with Crippen LogP contribution in [0.5, 0.6) is 0 Å². The Morgan fingerprint density at radius 1 is 1.44 bits per heavy atom. The lowest BCUT2D eigenvalue weighted by Gasteiger charge is -2.22. The number of halogens is 1. The second-order valence-electron chi connectivity index (χ2n) is 3.28. The summed E-state index contributed by atoms with van der Waals surface area (Å²) in [6.07, 6.45) is 0.942. The summed E-state index contributed by atoms with van der Waals surface area (Å²) in [6, 6.07) is 0. The first-order chi connectivity index (χ1) is 3.60. The molecule has 0 saturated carbocycles. The number of hydrogen-bond acceptors (Lipinski definition) is 1. The lowest BCUT2D eigenvalue weighted by Crippen LogP contribution is -3.00. The number of aliphatic hydroxyl groups excluding tert-OH is 1. The molecule has 1 aliphatic rings. The van der Waals surface area contributed by atoms with Gasteiger partial charge in [0.25, 0.3) is 0 Å². The maximum absolute atomic E-state index is 9.05. The van der Waals surface area contributed by atoms with Crippen molar-refractivity contribution in [3.05, 3.63) is 0 Å². The Hall–Kier alpha value is 0.650. The first kappa shape index (κ1) is 9.65. The van der Waals surface area contributed by atoms with E-state index in [0.29, 0.717) is 0 Å². The molecule has 0 aliphatic carbocycles. The SMILES string of the molecule is C[N+]1(C)CC[C@H](O)C1.[I-]. The van der Waals surface area contributed by atoms with Crippen molar-refractivity contribution in [2.24, 2.45) is 0 Å². The molecule has 0 bridgehead atoms. The van der Waals surface area contributed by atoms with Gasteiger partial charge >= 0.3 is 0 Å². The topological polar surface area (TPSA) is 20.2 Å². The van der Waals surface area contributed by atoms with Gasteiger partial charge in [0.15, 0.2) is 0 Å². The van der Waals surface area contributed by atoms with E-state index in [1.54, 1.807) is 0 Å². The molecular weight excluding hydrogens is 229 g/mol. The standard InChI is InChI=1S/C6H14NO.HI/c1-7(2)4-3-6(8)5-7;/h6,8H,3-5H2,1-2H3;1H/q+1;/p-1/t6-;/m0./s1. The second kappa shape index (κ2) is 3.16. The molecule has 1 atom stereocenters. The summed E-state index contributed by atoms with van der Waals surface area (Å²) in [7, 11) is 4.30. The van der Waals surface area contributed by atoms with Crippen molar-refractivity contribution >= 4 is 0 Å². The average molecular weight is 243 g/mol. The summed E-state index contributed by atoms with van der Waals surface area (Å²) in [5.41, 5.74) is 0. The van der Waals surface area contributed by atoms with E-state index in [1.807, 2.05) is 0 Å². The van der Waals surface area contributed by atoms with Gasteiger partial charge in [0.2, 0.25) is 0 Å². The van der Waals surface area contributed by atoms with Crippen molar-refractivity contribution < 1.29 is 33.6 Å². The zero-order chi connectivity index (χ0) is 6.20. The van der Waals surface area contributed by atoms with Crippen LogP contribution in [-0.2, 0) is 0 Å². The van der Waals surface area contributed by atoms with Gasteiger partial charge in [-0.05, 0) is 0 Å². The van der Waals surface area contributed by atoms with E-state index in [2.05, 4.69) is 14.1 Å². The molecular formula is C6H14INO. The summed E-state index contributed by atoms with van der Waals surface area (Å²) in [6.45, 7) is 2.06. The number of likely N-dealkylation sites (tertiary alicyclic amines) is 1. The minimum absolute atomic E-state index is 0. The van der Waals surface area contributed by atoms with E-state index in [9.17, 15) is 0 Å². The van der Waals surface area contributed by atoms with E-state index >= 15 is 0 Å². The fraction of sp³-hybridized carbons (Fsp3) is 1.00. The van der Waals surface area contributed by atoms with E-state index in [-0.39, 0.29) is 30.1 Å². The molecule has 0 aromatic rings. The van der Waals surface area contributed by atoms with Crippen LogP contribution >= 0.6 is 0 Å². The highest BCUT2D eigenvalue weighted by Crippen LogP contribution is 2.12. The summed E-state index contributed by atoms with van der Waals surface area (Å²) in [5, 5.41) is 9.05. The Morgan fingerprint density at radius 3 is 2.11 bits per heavy atom. The third-order valence-corrected chi connectivity index (χ3v) is 1.77. The van der Waals surface area contributed by atoms with Crippen LogP contribution in [0.2, 0.25) is 0 Å². The Morgan fingerprint density at radius 2 is 2.00 bits per heavy atom. The van der Waals surface area contributed by atoms with Crippen molar-refractivity contribution in [1.82, 2.24) is 0 Å². The van der Waals surface area contributed by atoms with Gasteiger partial charge in [0.05, 0.1) is 20.6 Å². The van der Waals surface area contributed by atoms with Gasteiger partial charge in [-0.1, -0.05) is 0 Å². The monoisotopic (exact) mass is 243 g/mol. The predicted octanol–water partition coefficient (Wildman–Crippen LogP) is -3.17. The number of likely N-dealkylation sites (N-methyl/N-ethyl adjacent to an activating group) is 1. The smallest absolute Gasteiger partial charge is 0.108 e. The molecule has 0 radical (unpaired) electrons. The third kappa shape index (κ3) is 2.82. The van der Waals surface area contributed by atoms with Crippen LogP contribution in [0, 0.1) is 0 Å². The van der Waals surface area contributed by atoms with Gasteiger partial charge in [0, 0.05) is 6.42 Å². The molecule has 2 nitrogen and oxygen atoms in total. The number of nitrogens with zero attached hydrogens (tertiary/aromatic N) is 1. The quantitative estimate of drug-likeness (QED) is 0.351. The average Bonchev–Trinajstić information content (AvgIpc) is 1.82. The van der Waals surface area contributed by atoms with Gasteiger partial charge < -0.3 is 33.6 Å². The summed E-state index contributed by atoms with van der Waals surface area (Å²) in [4.78, 5) is 0. The largest absolute Gasteiger partial charge is 1.00 e. The van der Waals surface area contributed by atoms with Crippen LogP contribution in [0.4, 0.5) is 0 Å². The molecule has 0 unspecified atom stereocenters. The molecule has 0 aromatic carbocycles. The molecule has 1 saturated heterocycles. The van der Waals surface area contributed by atoms with Crippen LogP contribution in [0.25, 0.3) is 0 Å². The Kier molecular flexibility index (Phi) is 3.39. The van der Waals surface area contributed by atoms with Gasteiger partial charge in [-0.2, -0.15) is 0 Å². The van der Waals surface area contributed by atoms with Crippen LogP contribution in [-0.4, -0.2) is 42.9 Å². The summed E-state index contributed by atoms with van der Waals surface area (Å²) >= 11 is 0. The van der Waals surface area contributed by atoms with Gasteiger partial charge in [-0.3, -0.25) is 0 Å². The van der Waals surface area contributed by atoms with E-state index < -0.39 is 0 Å². The maximum atomic E-state index is 9.05. The lowest BCUT2D eigenvalue weighted by atomic mass is 10.3. The predicted molar refractivity (Wildman–Crippen MR) is 32.5 cm³/mol. The second-order valence-corrected chi connectivity index (χ2v) is 3.28. The van der Waals surface area contributed by atoms with Crippen LogP contribution in [0.15, 0.2) is 0 Å². The lowest BCUT2D eigenvalue weighted by molar-refractivity contribution is -0.879. The van der Waals surface area contributed by atoms with Crippen LogP contribution in [0.3, 0.4) is 0 Å². The first-order valence-electron chi connectivity index (χ1n) is 3.10. The Balaban J connectivity index is 0.000000640. The third-order valence-electron chi connectivity index (χ3n) is 1.77. The van der Waals surface area contributed by atoms with Crippen LogP contribution < -0.4 is 24.0 Å². The fourth-order valence-corrected chi connectivity index (χ4v) is 1.25. The zero-order valence-electron chi connectivity index (χ0n) is 5.97. The van der Waals surface area contributed by atoms with Gasteiger partial charge in [0.1, 0.15) is 12.6 Å². The summed E-state index contributed by atoms with van der Waals surface area (Å²) in [5.74, 6) is 0. The molecule has 1 heterocycles. The molecule has 9 heavy (non-hydrogen) atoms. The van der Waals surface area contributed by atoms with Crippen molar-refractivity contribution in [2.45, 2.75) is 12.5 Å². The minimum atomic E-state index is -0.0370. The highest BCUT2D eigenvalue weighted by atomic mass is 127. The molecule has 0 aromatic heterocycles. The van der Waals surface area contributed by atoms with Crippen molar-refractivity contribution in [1.29, 1.82) is 0 Å². The number of hydrogen-bond donors (Lipinski definition) is 1. The van der Waals surface area contributed by atoms with Crippen molar-refractivity contribution in [3.8, 4) is 0 Å². The van der Waals surface area contributed by atoms with Gasteiger partial charge in [-0.25, -0.2) is 0 Å². The number of aliphatic hydroxyl groups is 1. The molecule has 1 rings (SSSR count). The Bertz CT molecular complexity index is 95.1. The van der Waals surface area contributed by atoms with E-state index in [4.69, 9.17) is 5.11 Å². The van der Waals surface area contributed by atoms with E-state index in [0.717, 1.165) is 24.0 Å². The molecule has 3 heteroatoms. The zero-order valence-corrected chi connectivity index (χ0v) is 8.13. The van der Waals surface area contributed by atoms with Crippen molar-refractivity contribution in [2.75, 3.05) is 27.2 Å². The molecule has 56 valence electrons. The van der Waals surface area contributed by atoms with Gasteiger partial charge in [-0.15, -0.1) is 0 Å². The van der Waals surface area contributed by atoms with E-state index in [1.165, 1.54) is 0 Å². The normalized spacial score (nSPS) is 31.7. The fourth-order valence-electron chi connectivity index (χ4n) is 1.25. The maximum Gasteiger partial charge on any atom is 0.108 e. The first-order valence-corrected chi connectivity index (χ1v) is 3.10. The Labute approximate surface area is 73.5 Å². The molecule has 1 fully saturated rings. The molecule has 0 amide bonds.